The molecule has 0 saturated carbocycles. The molecule has 2 unspecified atom stereocenters. The molecule has 0 spiro atoms. The summed E-state index contributed by atoms with van der Waals surface area (Å²) in [5.74, 6) is 0.159. The van der Waals surface area contributed by atoms with E-state index in [4.69, 9.17) is 0 Å². The first-order valence-corrected chi connectivity index (χ1v) is 6.22. The molecule has 3 heteroatoms. The first kappa shape index (κ1) is 12.1. The number of hydrogen-bond donors (Lipinski definition) is 1. The Balaban J connectivity index is 2.04. The average molecular weight is 232 g/mol. The maximum absolute atomic E-state index is 12.3. The maximum atomic E-state index is 12.3. The van der Waals surface area contributed by atoms with Gasteiger partial charge in [-0.2, -0.15) is 0 Å². The summed E-state index contributed by atoms with van der Waals surface area (Å²) in [5, 5.41) is 3.29. The lowest BCUT2D eigenvalue weighted by molar-refractivity contribution is -0.132. The average Bonchev–Trinajstić information content (AvgIpc) is 2.91. The smallest absolute Gasteiger partial charge is 0.229 e. The molecule has 1 aliphatic heterocycles. The molecular formula is C14H20N2O. The summed E-state index contributed by atoms with van der Waals surface area (Å²) in [7, 11) is 1.92. The summed E-state index contributed by atoms with van der Waals surface area (Å²) in [5.41, 5.74) is 1.09. The molecule has 1 N–H and O–H groups in total. The number of benzene rings is 1. The Kier molecular flexibility index (Phi) is 3.79. The third-order valence-electron chi connectivity index (χ3n) is 3.60. The highest BCUT2D eigenvalue weighted by atomic mass is 16.2. The van der Waals surface area contributed by atoms with Crippen molar-refractivity contribution in [2.75, 3.05) is 20.1 Å². The molecule has 0 bridgehead atoms. The summed E-state index contributed by atoms with van der Waals surface area (Å²) in [6.07, 6.45) is 1.06. The SMILES string of the molecule is CC(C(=O)N(C)C1CCNC1)c1ccccc1. The van der Waals surface area contributed by atoms with Crippen molar-refractivity contribution in [3.63, 3.8) is 0 Å². The van der Waals surface area contributed by atoms with Crippen LogP contribution < -0.4 is 5.32 Å². The largest absolute Gasteiger partial charge is 0.341 e. The number of hydrogen-bond acceptors (Lipinski definition) is 2. The van der Waals surface area contributed by atoms with Crippen molar-refractivity contribution in [3.8, 4) is 0 Å². The van der Waals surface area contributed by atoms with Crippen molar-refractivity contribution < 1.29 is 4.79 Å². The van der Waals surface area contributed by atoms with Gasteiger partial charge >= 0.3 is 0 Å². The number of likely N-dealkylation sites (N-methyl/N-ethyl adjacent to an activating group) is 1. The van der Waals surface area contributed by atoms with Gasteiger partial charge in [-0.3, -0.25) is 4.79 Å². The topological polar surface area (TPSA) is 32.3 Å². The fourth-order valence-electron chi connectivity index (χ4n) is 2.34. The molecule has 3 nitrogen and oxygen atoms in total. The zero-order valence-electron chi connectivity index (χ0n) is 10.5. The van der Waals surface area contributed by atoms with Crippen LogP contribution >= 0.6 is 0 Å². The van der Waals surface area contributed by atoms with Crippen LogP contribution in [0, 0.1) is 0 Å². The van der Waals surface area contributed by atoms with E-state index in [-0.39, 0.29) is 11.8 Å². The van der Waals surface area contributed by atoms with Gasteiger partial charge in [0.25, 0.3) is 0 Å². The van der Waals surface area contributed by atoms with Crippen molar-refractivity contribution >= 4 is 5.91 Å². The van der Waals surface area contributed by atoms with Gasteiger partial charge < -0.3 is 10.2 Å². The Morgan fingerprint density at radius 2 is 2.12 bits per heavy atom. The number of carbonyl (C=O) groups excluding carboxylic acids is 1. The fraction of sp³-hybridized carbons (Fsp3) is 0.500. The number of rotatable bonds is 3. The predicted molar refractivity (Wildman–Crippen MR) is 68.9 cm³/mol. The van der Waals surface area contributed by atoms with Crippen molar-refractivity contribution in [3.05, 3.63) is 35.9 Å². The Bertz CT molecular complexity index is 371. The van der Waals surface area contributed by atoms with Crippen molar-refractivity contribution in [2.24, 2.45) is 0 Å². The quantitative estimate of drug-likeness (QED) is 0.858. The van der Waals surface area contributed by atoms with E-state index in [1.165, 1.54) is 0 Å². The number of nitrogens with zero attached hydrogens (tertiary/aromatic N) is 1. The molecular weight excluding hydrogens is 212 g/mol. The third-order valence-corrected chi connectivity index (χ3v) is 3.60. The van der Waals surface area contributed by atoms with E-state index in [0.29, 0.717) is 6.04 Å². The lowest BCUT2D eigenvalue weighted by Crippen LogP contribution is -2.40. The van der Waals surface area contributed by atoms with E-state index in [1.807, 2.05) is 49.2 Å². The highest BCUT2D eigenvalue weighted by molar-refractivity contribution is 5.83. The van der Waals surface area contributed by atoms with Gasteiger partial charge in [-0.15, -0.1) is 0 Å². The van der Waals surface area contributed by atoms with Crippen molar-refractivity contribution in [1.29, 1.82) is 0 Å². The van der Waals surface area contributed by atoms with E-state index in [9.17, 15) is 4.79 Å². The Hall–Kier alpha value is -1.35. The molecule has 2 rings (SSSR count). The van der Waals surface area contributed by atoms with Crippen LogP contribution in [0.5, 0.6) is 0 Å². The number of carbonyl (C=O) groups is 1. The minimum absolute atomic E-state index is 0.0539. The van der Waals surface area contributed by atoms with Crippen LogP contribution in [0.4, 0.5) is 0 Å². The molecule has 1 aromatic carbocycles. The van der Waals surface area contributed by atoms with Gasteiger partial charge in [0, 0.05) is 19.6 Å². The molecule has 1 saturated heterocycles. The molecule has 1 amide bonds. The van der Waals surface area contributed by atoms with Gasteiger partial charge in [0.05, 0.1) is 5.92 Å². The number of nitrogens with one attached hydrogen (secondary N) is 1. The zero-order chi connectivity index (χ0) is 12.3. The predicted octanol–water partition coefficient (Wildman–Crippen LogP) is 1.61. The van der Waals surface area contributed by atoms with Gasteiger partial charge in [0.15, 0.2) is 0 Å². The van der Waals surface area contributed by atoms with E-state index < -0.39 is 0 Å². The minimum Gasteiger partial charge on any atom is -0.341 e. The highest BCUT2D eigenvalue weighted by Crippen LogP contribution is 2.19. The normalized spacial score (nSPS) is 21.2. The van der Waals surface area contributed by atoms with E-state index in [2.05, 4.69) is 5.32 Å². The zero-order valence-corrected chi connectivity index (χ0v) is 10.5. The van der Waals surface area contributed by atoms with Crippen molar-refractivity contribution in [2.45, 2.75) is 25.3 Å². The second kappa shape index (κ2) is 5.32. The van der Waals surface area contributed by atoms with Crippen LogP contribution in [0.15, 0.2) is 30.3 Å². The molecule has 1 fully saturated rings. The number of amides is 1. The molecule has 0 radical (unpaired) electrons. The molecule has 92 valence electrons. The van der Waals surface area contributed by atoms with Crippen molar-refractivity contribution in [1.82, 2.24) is 10.2 Å². The highest BCUT2D eigenvalue weighted by Gasteiger charge is 2.26. The maximum Gasteiger partial charge on any atom is 0.229 e. The van der Waals surface area contributed by atoms with Gasteiger partial charge in [0.1, 0.15) is 0 Å². The van der Waals surface area contributed by atoms with Crippen LogP contribution in [0.25, 0.3) is 0 Å². The standard InChI is InChI=1S/C14H20N2O/c1-11(12-6-4-3-5-7-12)14(17)16(2)13-8-9-15-10-13/h3-7,11,13,15H,8-10H2,1-2H3. The fourth-order valence-corrected chi connectivity index (χ4v) is 2.34. The summed E-state index contributed by atoms with van der Waals surface area (Å²) in [6.45, 7) is 3.92. The molecule has 0 aromatic heterocycles. The monoisotopic (exact) mass is 232 g/mol. The van der Waals surface area contributed by atoms with Crippen LogP contribution in [0.2, 0.25) is 0 Å². The summed E-state index contributed by atoms with van der Waals surface area (Å²) in [4.78, 5) is 14.2. The Morgan fingerprint density at radius 3 is 2.71 bits per heavy atom. The van der Waals surface area contributed by atoms with Gasteiger partial charge in [-0.05, 0) is 25.5 Å². The molecule has 1 aromatic rings. The van der Waals surface area contributed by atoms with Crippen LogP contribution in [-0.4, -0.2) is 37.0 Å². The van der Waals surface area contributed by atoms with Gasteiger partial charge in [-0.1, -0.05) is 30.3 Å². The van der Waals surface area contributed by atoms with Crippen LogP contribution in [0.1, 0.15) is 24.8 Å². The Labute approximate surface area is 103 Å². The van der Waals surface area contributed by atoms with E-state index >= 15 is 0 Å². The van der Waals surface area contributed by atoms with Gasteiger partial charge in [0.2, 0.25) is 5.91 Å². The Morgan fingerprint density at radius 1 is 1.41 bits per heavy atom. The van der Waals surface area contributed by atoms with E-state index in [1.54, 1.807) is 0 Å². The van der Waals surface area contributed by atoms with Crippen LogP contribution in [-0.2, 0) is 4.79 Å². The lowest BCUT2D eigenvalue weighted by atomic mass is 9.99. The van der Waals surface area contributed by atoms with Crippen LogP contribution in [0.3, 0.4) is 0 Å². The minimum atomic E-state index is -0.0539. The van der Waals surface area contributed by atoms with Gasteiger partial charge in [-0.25, -0.2) is 0 Å². The molecule has 0 aliphatic carbocycles. The third kappa shape index (κ3) is 2.67. The lowest BCUT2D eigenvalue weighted by Gasteiger charge is -2.27. The second-order valence-corrected chi connectivity index (χ2v) is 4.73. The molecule has 1 aliphatic rings. The first-order valence-electron chi connectivity index (χ1n) is 6.22. The molecule has 2 atom stereocenters. The molecule has 17 heavy (non-hydrogen) atoms. The summed E-state index contributed by atoms with van der Waals surface area (Å²) in [6, 6.07) is 10.3. The second-order valence-electron chi connectivity index (χ2n) is 4.73. The molecule has 1 heterocycles. The summed E-state index contributed by atoms with van der Waals surface area (Å²) >= 11 is 0. The first-order chi connectivity index (χ1) is 8.20. The van der Waals surface area contributed by atoms with E-state index in [0.717, 1.165) is 25.1 Å². The summed E-state index contributed by atoms with van der Waals surface area (Å²) < 4.78 is 0.